The quantitative estimate of drug-likeness (QED) is 0.719. The molecule has 0 spiro atoms. The van der Waals surface area contributed by atoms with Gasteiger partial charge in [-0.1, -0.05) is 42.5 Å². The number of carboxylic acid groups (broad SMARTS) is 2. The summed E-state index contributed by atoms with van der Waals surface area (Å²) in [6, 6.07) is 12.1. The molecule has 0 unspecified atom stereocenters. The zero-order valence-corrected chi connectivity index (χ0v) is 13.4. The Bertz CT molecular complexity index is 1030. The number of aromatic carboxylic acids is 2. The third-order valence-corrected chi connectivity index (χ3v) is 3.79. The molecule has 0 aliphatic carbocycles. The van der Waals surface area contributed by atoms with Crippen LogP contribution in [0.2, 0.25) is 0 Å². The second-order valence-electron chi connectivity index (χ2n) is 5.48. The first-order chi connectivity index (χ1) is 12.7. The summed E-state index contributed by atoms with van der Waals surface area (Å²) in [4.78, 5) is 23.2. The highest BCUT2D eigenvalue weighted by atomic mass is 19.4. The number of rotatable bonds is 4. The highest BCUT2D eigenvalue weighted by Crippen LogP contribution is 2.37. The molecule has 1 heterocycles. The van der Waals surface area contributed by atoms with Gasteiger partial charge in [0.15, 0.2) is 5.69 Å². The minimum atomic E-state index is -4.75. The SMILES string of the molecule is O=C(O)c1nn(-c2ccccc2C(F)(F)F)c(-c2ccccc2)c1C(=O)O. The van der Waals surface area contributed by atoms with E-state index in [1.165, 1.54) is 24.3 Å². The van der Waals surface area contributed by atoms with Crippen molar-refractivity contribution >= 4 is 11.9 Å². The van der Waals surface area contributed by atoms with Crippen LogP contribution in [0.4, 0.5) is 13.2 Å². The van der Waals surface area contributed by atoms with Gasteiger partial charge in [-0.25, -0.2) is 14.3 Å². The van der Waals surface area contributed by atoms with Gasteiger partial charge in [-0.2, -0.15) is 18.3 Å². The molecule has 2 aromatic carbocycles. The van der Waals surface area contributed by atoms with E-state index in [1.807, 2.05) is 0 Å². The van der Waals surface area contributed by atoms with E-state index in [9.17, 15) is 33.0 Å². The van der Waals surface area contributed by atoms with Gasteiger partial charge in [0.2, 0.25) is 0 Å². The number of hydrogen-bond acceptors (Lipinski definition) is 3. The molecule has 9 heteroatoms. The van der Waals surface area contributed by atoms with Crippen LogP contribution in [0.3, 0.4) is 0 Å². The lowest BCUT2D eigenvalue weighted by Crippen LogP contribution is -2.12. The Labute approximate surface area is 150 Å². The van der Waals surface area contributed by atoms with Crippen molar-refractivity contribution in [2.45, 2.75) is 6.18 Å². The smallest absolute Gasteiger partial charge is 0.418 e. The van der Waals surface area contributed by atoms with Crippen molar-refractivity contribution in [3.63, 3.8) is 0 Å². The number of alkyl halides is 3. The van der Waals surface area contributed by atoms with Gasteiger partial charge in [-0.05, 0) is 12.1 Å². The minimum absolute atomic E-state index is 0.215. The van der Waals surface area contributed by atoms with Crippen LogP contribution < -0.4 is 0 Å². The summed E-state index contributed by atoms with van der Waals surface area (Å²) in [7, 11) is 0. The number of nitrogens with zero attached hydrogens (tertiary/aromatic N) is 2. The summed E-state index contributed by atoms with van der Waals surface area (Å²) < 4.78 is 41.0. The molecule has 0 radical (unpaired) electrons. The Hall–Kier alpha value is -3.62. The summed E-state index contributed by atoms with van der Waals surface area (Å²) in [5.41, 5.74) is -3.12. The molecule has 0 saturated heterocycles. The van der Waals surface area contributed by atoms with Crippen molar-refractivity contribution in [3.8, 4) is 16.9 Å². The molecule has 2 N–H and O–H groups in total. The monoisotopic (exact) mass is 376 g/mol. The first-order valence-electron chi connectivity index (χ1n) is 7.53. The third kappa shape index (κ3) is 3.26. The van der Waals surface area contributed by atoms with E-state index < -0.39 is 40.6 Å². The Balaban J connectivity index is 2.44. The van der Waals surface area contributed by atoms with E-state index in [4.69, 9.17) is 0 Å². The zero-order valence-electron chi connectivity index (χ0n) is 13.4. The Morgan fingerprint density at radius 2 is 1.48 bits per heavy atom. The van der Waals surface area contributed by atoms with Gasteiger partial charge in [-0.3, -0.25) is 0 Å². The molecule has 0 aliphatic rings. The van der Waals surface area contributed by atoms with Crippen molar-refractivity contribution in [2.24, 2.45) is 0 Å². The maximum atomic E-state index is 13.4. The molecule has 0 saturated carbocycles. The summed E-state index contributed by atoms with van der Waals surface area (Å²) >= 11 is 0. The number of carbonyl (C=O) groups is 2. The number of para-hydroxylation sites is 1. The Morgan fingerprint density at radius 1 is 0.889 bits per heavy atom. The Kier molecular flexibility index (Phi) is 4.44. The molecule has 0 bridgehead atoms. The van der Waals surface area contributed by atoms with Crippen LogP contribution in [0.1, 0.15) is 26.4 Å². The van der Waals surface area contributed by atoms with Crippen LogP contribution >= 0.6 is 0 Å². The van der Waals surface area contributed by atoms with Gasteiger partial charge >= 0.3 is 18.1 Å². The lowest BCUT2D eigenvalue weighted by molar-refractivity contribution is -0.137. The van der Waals surface area contributed by atoms with Gasteiger partial charge in [0.05, 0.1) is 16.9 Å². The van der Waals surface area contributed by atoms with Gasteiger partial charge in [0.25, 0.3) is 0 Å². The molecule has 1 aromatic heterocycles. The normalized spacial score (nSPS) is 11.4. The standard InChI is InChI=1S/C18H11F3N2O4/c19-18(20,21)11-8-4-5-9-12(11)23-15(10-6-2-1-3-7-10)13(16(24)25)14(22-23)17(26)27/h1-9H,(H,24,25)(H,26,27). The van der Waals surface area contributed by atoms with E-state index >= 15 is 0 Å². The maximum Gasteiger partial charge on any atom is 0.418 e. The fourth-order valence-electron chi connectivity index (χ4n) is 2.71. The summed E-state index contributed by atoms with van der Waals surface area (Å²) in [5.74, 6) is -3.27. The first-order valence-corrected chi connectivity index (χ1v) is 7.53. The van der Waals surface area contributed by atoms with Crippen molar-refractivity contribution < 1.29 is 33.0 Å². The van der Waals surface area contributed by atoms with Crippen LogP contribution in [0.15, 0.2) is 54.6 Å². The Morgan fingerprint density at radius 3 is 2.04 bits per heavy atom. The average molecular weight is 376 g/mol. The van der Waals surface area contributed by atoms with E-state index in [0.29, 0.717) is 4.68 Å². The summed E-state index contributed by atoms with van der Waals surface area (Å²) in [5, 5.41) is 22.5. The van der Waals surface area contributed by atoms with E-state index in [1.54, 1.807) is 18.2 Å². The van der Waals surface area contributed by atoms with Crippen molar-refractivity contribution in [3.05, 3.63) is 71.4 Å². The lowest BCUT2D eigenvalue weighted by Gasteiger charge is -2.15. The van der Waals surface area contributed by atoms with E-state index in [-0.39, 0.29) is 11.3 Å². The number of hydrogen-bond donors (Lipinski definition) is 2. The van der Waals surface area contributed by atoms with E-state index in [0.717, 1.165) is 12.1 Å². The van der Waals surface area contributed by atoms with Gasteiger partial charge < -0.3 is 10.2 Å². The first kappa shape index (κ1) is 18.2. The molecule has 3 rings (SSSR count). The van der Waals surface area contributed by atoms with Gasteiger partial charge in [-0.15, -0.1) is 0 Å². The van der Waals surface area contributed by atoms with Crippen LogP contribution in [0.25, 0.3) is 16.9 Å². The number of benzene rings is 2. The summed E-state index contributed by atoms with van der Waals surface area (Å²) in [6.45, 7) is 0. The van der Waals surface area contributed by atoms with Gasteiger partial charge in [0.1, 0.15) is 5.56 Å². The molecule has 0 aliphatic heterocycles. The predicted octanol–water partition coefficient (Wildman–Crippen LogP) is 3.95. The van der Waals surface area contributed by atoms with Crippen molar-refractivity contribution in [1.82, 2.24) is 9.78 Å². The van der Waals surface area contributed by atoms with E-state index in [2.05, 4.69) is 5.10 Å². The van der Waals surface area contributed by atoms with Crippen LogP contribution in [-0.4, -0.2) is 31.9 Å². The fourth-order valence-corrected chi connectivity index (χ4v) is 2.71. The molecule has 0 amide bonds. The highest BCUT2D eigenvalue weighted by molar-refractivity contribution is 6.05. The number of aromatic nitrogens is 2. The lowest BCUT2D eigenvalue weighted by atomic mass is 10.0. The number of halogens is 3. The predicted molar refractivity (Wildman–Crippen MR) is 87.9 cm³/mol. The molecule has 138 valence electrons. The largest absolute Gasteiger partial charge is 0.478 e. The zero-order chi connectivity index (χ0) is 19.8. The molecule has 0 fully saturated rings. The molecule has 6 nitrogen and oxygen atoms in total. The fraction of sp³-hybridized carbons (Fsp3) is 0.0556. The van der Waals surface area contributed by atoms with Crippen LogP contribution in [0, 0.1) is 0 Å². The van der Waals surface area contributed by atoms with Gasteiger partial charge in [0, 0.05) is 5.56 Å². The average Bonchev–Trinajstić information content (AvgIpc) is 3.03. The summed E-state index contributed by atoms with van der Waals surface area (Å²) in [6.07, 6.45) is -4.75. The van der Waals surface area contributed by atoms with Crippen LogP contribution in [0.5, 0.6) is 0 Å². The maximum absolute atomic E-state index is 13.4. The second-order valence-corrected chi connectivity index (χ2v) is 5.48. The second kappa shape index (κ2) is 6.60. The highest BCUT2D eigenvalue weighted by Gasteiger charge is 2.36. The minimum Gasteiger partial charge on any atom is -0.478 e. The van der Waals surface area contributed by atoms with Crippen molar-refractivity contribution in [1.29, 1.82) is 0 Å². The molecular formula is C18H11F3N2O4. The third-order valence-electron chi connectivity index (χ3n) is 3.79. The van der Waals surface area contributed by atoms with Crippen LogP contribution in [-0.2, 0) is 6.18 Å². The molecule has 0 atom stereocenters. The topological polar surface area (TPSA) is 92.4 Å². The molecule has 3 aromatic rings. The van der Waals surface area contributed by atoms with Crippen molar-refractivity contribution in [2.75, 3.05) is 0 Å². The molecular weight excluding hydrogens is 365 g/mol. The molecule has 27 heavy (non-hydrogen) atoms. The number of carboxylic acids is 2.